The van der Waals surface area contributed by atoms with Gasteiger partial charge in [-0.05, 0) is 19.3 Å². The van der Waals surface area contributed by atoms with Gasteiger partial charge >= 0.3 is 0 Å². The average molecular weight is 384 g/mol. The lowest BCUT2D eigenvalue weighted by molar-refractivity contribution is 0.0951. The van der Waals surface area contributed by atoms with Crippen LogP contribution >= 0.6 is 0 Å². The molecule has 2 aromatic rings. The Balaban J connectivity index is 1.71. The molecule has 2 aromatic heterocycles. The number of amides is 1. The molecule has 1 amide bonds. The maximum atomic E-state index is 12.8. The standard InChI is InChI=1S/C20H29N7O/c1-2-3-9-23-20-25-13-17(18(27-20)26-16-7-5-4-6-8-16)19(28)24-12-15-10-21-14-22-11-15/h10-11,13-14,16H,2-9,12H2,1H3,(H,24,28)(H2,23,25,26,27). The molecule has 8 nitrogen and oxygen atoms in total. The Morgan fingerprint density at radius 1 is 1.14 bits per heavy atom. The third kappa shape index (κ3) is 5.87. The van der Waals surface area contributed by atoms with E-state index >= 15 is 0 Å². The van der Waals surface area contributed by atoms with Crippen LogP contribution in [-0.2, 0) is 6.54 Å². The second-order valence-electron chi connectivity index (χ2n) is 7.14. The molecule has 28 heavy (non-hydrogen) atoms. The summed E-state index contributed by atoms with van der Waals surface area (Å²) >= 11 is 0. The summed E-state index contributed by atoms with van der Waals surface area (Å²) in [6.07, 6.45) is 14.5. The predicted molar refractivity (Wildman–Crippen MR) is 109 cm³/mol. The number of rotatable bonds is 9. The molecule has 0 saturated heterocycles. The molecular formula is C20H29N7O. The number of aromatic nitrogens is 4. The van der Waals surface area contributed by atoms with Crippen LogP contribution in [0.25, 0.3) is 0 Å². The minimum atomic E-state index is -0.206. The van der Waals surface area contributed by atoms with Gasteiger partial charge in [0.05, 0.1) is 0 Å². The zero-order valence-corrected chi connectivity index (χ0v) is 16.4. The first kappa shape index (κ1) is 20.0. The van der Waals surface area contributed by atoms with E-state index in [1.165, 1.54) is 25.6 Å². The molecule has 8 heteroatoms. The summed E-state index contributed by atoms with van der Waals surface area (Å²) in [5, 5.41) is 9.62. The van der Waals surface area contributed by atoms with Gasteiger partial charge in [-0.2, -0.15) is 4.98 Å². The maximum absolute atomic E-state index is 12.8. The molecule has 0 aromatic carbocycles. The van der Waals surface area contributed by atoms with Gasteiger partial charge in [0.15, 0.2) is 0 Å². The van der Waals surface area contributed by atoms with Crippen molar-refractivity contribution < 1.29 is 4.79 Å². The summed E-state index contributed by atoms with van der Waals surface area (Å²) in [7, 11) is 0. The number of nitrogens with one attached hydrogen (secondary N) is 3. The smallest absolute Gasteiger partial charge is 0.256 e. The number of nitrogens with zero attached hydrogens (tertiary/aromatic N) is 4. The van der Waals surface area contributed by atoms with Crippen LogP contribution in [-0.4, -0.2) is 38.4 Å². The second kappa shape index (κ2) is 10.5. The molecule has 1 aliphatic carbocycles. The van der Waals surface area contributed by atoms with Crippen LogP contribution in [0.1, 0.15) is 67.8 Å². The van der Waals surface area contributed by atoms with Crippen LogP contribution in [0.15, 0.2) is 24.9 Å². The SMILES string of the molecule is CCCCNc1ncc(C(=O)NCc2cncnc2)c(NC2CCCCC2)n1. The molecule has 0 aliphatic heterocycles. The highest BCUT2D eigenvalue weighted by Crippen LogP contribution is 2.23. The molecule has 3 N–H and O–H groups in total. The Morgan fingerprint density at radius 2 is 1.93 bits per heavy atom. The van der Waals surface area contributed by atoms with Gasteiger partial charge in [0.1, 0.15) is 17.7 Å². The molecule has 1 saturated carbocycles. The van der Waals surface area contributed by atoms with E-state index in [1.54, 1.807) is 18.6 Å². The fourth-order valence-electron chi connectivity index (χ4n) is 3.26. The Bertz CT molecular complexity index is 747. The van der Waals surface area contributed by atoms with Crippen LogP contribution in [0.2, 0.25) is 0 Å². The summed E-state index contributed by atoms with van der Waals surface area (Å²) in [5.41, 5.74) is 1.31. The highest BCUT2D eigenvalue weighted by Gasteiger charge is 2.19. The van der Waals surface area contributed by atoms with Crippen molar-refractivity contribution in [1.82, 2.24) is 25.3 Å². The van der Waals surface area contributed by atoms with E-state index in [9.17, 15) is 4.79 Å². The molecule has 0 unspecified atom stereocenters. The van der Waals surface area contributed by atoms with E-state index < -0.39 is 0 Å². The molecule has 0 atom stereocenters. The number of anilines is 2. The van der Waals surface area contributed by atoms with Gasteiger partial charge in [-0.15, -0.1) is 0 Å². The monoisotopic (exact) mass is 383 g/mol. The molecule has 3 rings (SSSR count). The van der Waals surface area contributed by atoms with Gasteiger partial charge < -0.3 is 16.0 Å². The topological polar surface area (TPSA) is 105 Å². The molecule has 0 bridgehead atoms. The second-order valence-corrected chi connectivity index (χ2v) is 7.14. The first-order chi connectivity index (χ1) is 13.8. The van der Waals surface area contributed by atoms with Gasteiger partial charge in [-0.1, -0.05) is 32.6 Å². The van der Waals surface area contributed by atoms with Crippen molar-refractivity contribution in [2.24, 2.45) is 0 Å². The Hall–Kier alpha value is -2.77. The molecule has 1 aliphatic rings. The van der Waals surface area contributed by atoms with Crippen molar-refractivity contribution in [2.75, 3.05) is 17.2 Å². The van der Waals surface area contributed by atoms with Crippen LogP contribution in [0.3, 0.4) is 0 Å². The normalized spacial score (nSPS) is 14.5. The number of carbonyl (C=O) groups excluding carboxylic acids is 1. The Kier molecular flexibility index (Phi) is 7.52. The number of hydrogen-bond donors (Lipinski definition) is 3. The Morgan fingerprint density at radius 3 is 2.68 bits per heavy atom. The van der Waals surface area contributed by atoms with Crippen molar-refractivity contribution in [3.05, 3.63) is 36.0 Å². The van der Waals surface area contributed by atoms with Gasteiger partial charge in [0.2, 0.25) is 5.95 Å². The Labute approximate surface area is 166 Å². The predicted octanol–water partition coefficient (Wildman–Crippen LogP) is 3.15. The molecule has 150 valence electrons. The minimum absolute atomic E-state index is 0.206. The highest BCUT2D eigenvalue weighted by atomic mass is 16.1. The van der Waals surface area contributed by atoms with Gasteiger partial charge in [0, 0.05) is 43.3 Å². The number of hydrogen-bond acceptors (Lipinski definition) is 7. The lowest BCUT2D eigenvalue weighted by Gasteiger charge is -2.24. The zero-order valence-electron chi connectivity index (χ0n) is 16.4. The van der Waals surface area contributed by atoms with Crippen LogP contribution in [0.5, 0.6) is 0 Å². The number of carbonyl (C=O) groups is 1. The number of unbranched alkanes of at least 4 members (excludes halogenated alkanes) is 1. The third-order valence-electron chi connectivity index (χ3n) is 4.86. The largest absolute Gasteiger partial charge is 0.367 e. The summed E-state index contributed by atoms with van der Waals surface area (Å²) < 4.78 is 0. The van der Waals surface area contributed by atoms with Crippen LogP contribution < -0.4 is 16.0 Å². The zero-order chi connectivity index (χ0) is 19.6. The van der Waals surface area contributed by atoms with E-state index in [-0.39, 0.29) is 5.91 Å². The molecule has 0 spiro atoms. The van der Waals surface area contributed by atoms with E-state index in [0.29, 0.717) is 29.9 Å². The maximum Gasteiger partial charge on any atom is 0.256 e. The van der Waals surface area contributed by atoms with Crippen molar-refractivity contribution in [3.63, 3.8) is 0 Å². The minimum Gasteiger partial charge on any atom is -0.367 e. The quantitative estimate of drug-likeness (QED) is 0.571. The van der Waals surface area contributed by atoms with Crippen molar-refractivity contribution >= 4 is 17.7 Å². The summed E-state index contributed by atoms with van der Waals surface area (Å²) in [6, 6.07) is 0.348. The third-order valence-corrected chi connectivity index (χ3v) is 4.86. The van der Waals surface area contributed by atoms with Crippen LogP contribution in [0.4, 0.5) is 11.8 Å². The lowest BCUT2D eigenvalue weighted by Crippen LogP contribution is -2.28. The molecular weight excluding hydrogens is 354 g/mol. The molecule has 1 fully saturated rings. The highest BCUT2D eigenvalue weighted by molar-refractivity contribution is 5.98. The van der Waals surface area contributed by atoms with Crippen LogP contribution in [0, 0.1) is 0 Å². The van der Waals surface area contributed by atoms with E-state index in [0.717, 1.165) is 37.8 Å². The van der Waals surface area contributed by atoms with Crippen molar-refractivity contribution in [1.29, 1.82) is 0 Å². The van der Waals surface area contributed by atoms with Gasteiger partial charge in [-0.3, -0.25) is 4.79 Å². The fourth-order valence-corrected chi connectivity index (χ4v) is 3.26. The van der Waals surface area contributed by atoms with Gasteiger partial charge in [-0.25, -0.2) is 15.0 Å². The van der Waals surface area contributed by atoms with Crippen molar-refractivity contribution in [2.45, 2.75) is 64.5 Å². The van der Waals surface area contributed by atoms with Crippen molar-refractivity contribution in [3.8, 4) is 0 Å². The van der Waals surface area contributed by atoms with E-state index in [4.69, 9.17) is 0 Å². The molecule has 2 heterocycles. The van der Waals surface area contributed by atoms with Gasteiger partial charge in [0.25, 0.3) is 5.91 Å². The summed E-state index contributed by atoms with van der Waals surface area (Å²) in [4.78, 5) is 29.6. The summed E-state index contributed by atoms with van der Waals surface area (Å²) in [6.45, 7) is 3.32. The fraction of sp³-hybridized carbons (Fsp3) is 0.550. The first-order valence-corrected chi connectivity index (χ1v) is 10.2. The lowest BCUT2D eigenvalue weighted by atomic mass is 9.95. The van der Waals surface area contributed by atoms with E-state index in [2.05, 4.69) is 42.8 Å². The molecule has 0 radical (unpaired) electrons. The first-order valence-electron chi connectivity index (χ1n) is 10.2. The summed E-state index contributed by atoms with van der Waals surface area (Å²) in [5.74, 6) is 0.949. The van der Waals surface area contributed by atoms with E-state index in [1.807, 2.05) is 0 Å². The average Bonchev–Trinajstić information content (AvgIpc) is 2.74.